The number of methoxy groups -OCH3 is 1. The maximum absolute atomic E-state index is 13.5. The molecular weight excluding hydrogens is 390 g/mol. The predicted octanol–water partition coefficient (Wildman–Crippen LogP) is 2.43. The Balaban J connectivity index is 1.51. The van der Waals surface area contributed by atoms with Crippen molar-refractivity contribution >= 4 is 15.7 Å². The van der Waals surface area contributed by atoms with Crippen LogP contribution in [0, 0.1) is 0 Å². The third kappa shape index (κ3) is 3.53. The van der Waals surface area contributed by atoms with E-state index in [0.717, 1.165) is 5.56 Å². The molecule has 4 rings (SSSR count). The van der Waals surface area contributed by atoms with E-state index in [0.29, 0.717) is 31.8 Å². The van der Waals surface area contributed by atoms with Gasteiger partial charge in [0.1, 0.15) is 11.0 Å². The summed E-state index contributed by atoms with van der Waals surface area (Å²) in [6.45, 7) is 1.51. The number of hydrogen-bond acceptors (Lipinski definition) is 5. The Bertz CT molecular complexity index is 960. The van der Waals surface area contributed by atoms with Gasteiger partial charge >= 0.3 is 0 Å². The normalized spacial score (nSPS) is 19.4. The van der Waals surface area contributed by atoms with Crippen LogP contribution in [0.1, 0.15) is 18.4 Å². The molecule has 2 aromatic carbocycles. The van der Waals surface area contributed by atoms with E-state index in [2.05, 4.69) is 0 Å². The molecule has 2 aliphatic heterocycles. The van der Waals surface area contributed by atoms with Crippen molar-refractivity contribution in [1.29, 1.82) is 0 Å². The molecule has 0 N–H and O–H groups in total. The Morgan fingerprint density at radius 1 is 1.03 bits per heavy atom. The molecule has 7 heteroatoms. The molecule has 0 spiro atoms. The molecule has 0 aliphatic carbocycles. The molecule has 154 valence electrons. The number of amides is 1. The first-order chi connectivity index (χ1) is 14.0. The van der Waals surface area contributed by atoms with Crippen LogP contribution in [0.3, 0.4) is 0 Å². The van der Waals surface area contributed by atoms with Gasteiger partial charge in [0.2, 0.25) is 5.91 Å². The van der Waals surface area contributed by atoms with E-state index < -0.39 is 20.5 Å². The van der Waals surface area contributed by atoms with Gasteiger partial charge in [-0.05, 0) is 42.7 Å². The van der Waals surface area contributed by atoms with Crippen LogP contribution in [0.2, 0.25) is 0 Å². The van der Waals surface area contributed by atoms with Crippen LogP contribution in [-0.2, 0) is 24.8 Å². The molecule has 2 fully saturated rings. The van der Waals surface area contributed by atoms with Crippen LogP contribution in [0.15, 0.2) is 59.5 Å². The average molecular weight is 416 g/mol. The van der Waals surface area contributed by atoms with Crippen LogP contribution in [-0.4, -0.2) is 57.9 Å². The smallest absolute Gasteiger partial charge is 0.233 e. The van der Waals surface area contributed by atoms with Gasteiger partial charge in [-0.15, -0.1) is 0 Å². The summed E-state index contributed by atoms with van der Waals surface area (Å²) < 4.78 is 36.4. The first-order valence-corrected chi connectivity index (χ1v) is 11.3. The minimum Gasteiger partial charge on any atom is -0.497 e. The molecule has 2 heterocycles. The Morgan fingerprint density at radius 2 is 1.66 bits per heavy atom. The largest absolute Gasteiger partial charge is 0.497 e. The summed E-state index contributed by atoms with van der Waals surface area (Å²) in [5.41, 5.74) is 0.351. The molecule has 0 bridgehead atoms. The van der Waals surface area contributed by atoms with Crippen molar-refractivity contribution < 1.29 is 22.7 Å². The van der Waals surface area contributed by atoms with Gasteiger partial charge in [-0.1, -0.05) is 30.3 Å². The SMILES string of the molecule is COc1ccc(S(=O)(=O)C2CN(C(=O)C3(c4ccccc4)CCOCC3)C2)cc1. The molecule has 2 aromatic rings. The Hall–Kier alpha value is -2.38. The lowest BCUT2D eigenvalue weighted by Crippen LogP contribution is -2.62. The highest BCUT2D eigenvalue weighted by atomic mass is 32.2. The van der Waals surface area contributed by atoms with Gasteiger partial charge in [0.15, 0.2) is 9.84 Å². The highest BCUT2D eigenvalue weighted by molar-refractivity contribution is 7.92. The molecule has 0 saturated carbocycles. The van der Waals surface area contributed by atoms with Gasteiger partial charge in [0, 0.05) is 26.3 Å². The summed E-state index contributed by atoms with van der Waals surface area (Å²) in [7, 11) is -1.94. The van der Waals surface area contributed by atoms with Crippen molar-refractivity contribution in [2.45, 2.75) is 28.4 Å². The lowest BCUT2D eigenvalue weighted by molar-refractivity contribution is -0.144. The Kier molecular flexibility index (Phi) is 5.36. The van der Waals surface area contributed by atoms with Crippen molar-refractivity contribution in [2.75, 3.05) is 33.4 Å². The van der Waals surface area contributed by atoms with Gasteiger partial charge in [0.25, 0.3) is 0 Å². The number of ether oxygens (including phenoxy) is 2. The Morgan fingerprint density at radius 3 is 2.24 bits per heavy atom. The van der Waals surface area contributed by atoms with E-state index in [1.165, 1.54) is 7.11 Å². The van der Waals surface area contributed by atoms with Crippen molar-refractivity contribution in [1.82, 2.24) is 4.90 Å². The maximum Gasteiger partial charge on any atom is 0.233 e. The zero-order valence-corrected chi connectivity index (χ0v) is 17.2. The van der Waals surface area contributed by atoms with E-state index in [4.69, 9.17) is 9.47 Å². The fourth-order valence-corrected chi connectivity index (χ4v) is 5.82. The van der Waals surface area contributed by atoms with E-state index >= 15 is 0 Å². The van der Waals surface area contributed by atoms with E-state index in [1.54, 1.807) is 29.2 Å². The van der Waals surface area contributed by atoms with Gasteiger partial charge in [-0.3, -0.25) is 4.79 Å². The Labute approximate surface area is 171 Å². The second-order valence-corrected chi connectivity index (χ2v) is 9.84. The van der Waals surface area contributed by atoms with E-state index in [9.17, 15) is 13.2 Å². The fourth-order valence-electron chi connectivity index (χ4n) is 4.16. The average Bonchev–Trinajstić information content (AvgIpc) is 2.73. The highest BCUT2D eigenvalue weighted by Gasteiger charge is 2.49. The molecule has 0 unspecified atom stereocenters. The second-order valence-electron chi connectivity index (χ2n) is 7.61. The number of likely N-dealkylation sites (tertiary alicyclic amines) is 1. The molecule has 0 radical (unpaired) electrons. The van der Waals surface area contributed by atoms with Crippen molar-refractivity contribution in [3.05, 3.63) is 60.2 Å². The lowest BCUT2D eigenvalue weighted by atomic mass is 9.72. The molecule has 6 nitrogen and oxygen atoms in total. The summed E-state index contributed by atoms with van der Waals surface area (Å²) >= 11 is 0. The molecule has 0 aromatic heterocycles. The summed E-state index contributed by atoms with van der Waals surface area (Å²) in [4.78, 5) is 15.4. The topological polar surface area (TPSA) is 72.9 Å². The zero-order valence-electron chi connectivity index (χ0n) is 16.4. The van der Waals surface area contributed by atoms with E-state index in [1.807, 2.05) is 30.3 Å². The van der Waals surface area contributed by atoms with Crippen LogP contribution in [0.4, 0.5) is 0 Å². The van der Waals surface area contributed by atoms with Gasteiger partial charge < -0.3 is 14.4 Å². The number of carbonyl (C=O) groups is 1. The number of hydrogen-bond donors (Lipinski definition) is 0. The van der Waals surface area contributed by atoms with Crippen LogP contribution in [0.5, 0.6) is 5.75 Å². The highest BCUT2D eigenvalue weighted by Crippen LogP contribution is 2.38. The predicted molar refractivity (Wildman–Crippen MR) is 109 cm³/mol. The number of carbonyl (C=O) groups excluding carboxylic acids is 1. The summed E-state index contributed by atoms with van der Waals surface area (Å²) in [5.74, 6) is 0.617. The number of rotatable bonds is 5. The molecule has 29 heavy (non-hydrogen) atoms. The summed E-state index contributed by atoms with van der Waals surface area (Å²) in [6, 6.07) is 16.2. The number of nitrogens with zero attached hydrogens (tertiary/aromatic N) is 1. The number of benzene rings is 2. The molecule has 2 saturated heterocycles. The lowest BCUT2D eigenvalue weighted by Gasteiger charge is -2.46. The van der Waals surface area contributed by atoms with Gasteiger partial charge in [-0.25, -0.2) is 8.42 Å². The maximum atomic E-state index is 13.5. The quantitative estimate of drug-likeness (QED) is 0.750. The van der Waals surface area contributed by atoms with Crippen molar-refractivity contribution in [3.63, 3.8) is 0 Å². The molecular formula is C22H25NO5S. The first-order valence-electron chi connectivity index (χ1n) is 9.78. The van der Waals surface area contributed by atoms with Crippen LogP contribution < -0.4 is 4.74 Å². The van der Waals surface area contributed by atoms with Crippen molar-refractivity contribution in [2.24, 2.45) is 0 Å². The van der Waals surface area contributed by atoms with Crippen LogP contribution in [0.25, 0.3) is 0 Å². The number of sulfone groups is 1. The van der Waals surface area contributed by atoms with Crippen molar-refractivity contribution in [3.8, 4) is 5.75 Å². The standard InChI is InChI=1S/C22H25NO5S/c1-27-18-7-9-19(10-8-18)29(25,26)20-15-23(16-20)21(24)22(11-13-28-14-12-22)17-5-3-2-4-6-17/h2-10,20H,11-16H2,1H3. The van der Waals surface area contributed by atoms with E-state index in [-0.39, 0.29) is 23.9 Å². The van der Waals surface area contributed by atoms with Crippen LogP contribution >= 0.6 is 0 Å². The minimum absolute atomic E-state index is 0.00757. The van der Waals surface area contributed by atoms with Gasteiger partial charge in [-0.2, -0.15) is 0 Å². The zero-order chi connectivity index (χ0) is 20.5. The molecule has 1 amide bonds. The monoisotopic (exact) mass is 415 g/mol. The molecule has 2 aliphatic rings. The second kappa shape index (κ2) is 7.80. The van der Waals surface area contributed by atoms with Gasteiger partial charge in [0.05, 0.1) is 17.4 Å². The fraction of sp³-hybridized carbons (Fsp3) is 0.409. The minimum atomic E-state index is -3.48. The first kappa shape index (κ1) is 19.9. The third-order valence-electron chi connectivity index (χ3n) is 6.04. The molecule has 0 atom stereocenters. The third-order valence-corrected chi connectivity index (χ3v) is 8.15. The summed E-state index contributed by atoms with van der Waals surface area (Å²) in [6.07, 6.45) is 1.23. The summed E-state index contributed by atoms with van der Waals surface area (Å²) in [5, 5.41) is -0.576.